The second kappa shape index (κ2) is 5.69. The predicted octanol–water partition coefficient (Wildman–Crippen LogP) is 3.07. The molecule has 1 aromatic heterocycles. The fraction of sp³-hybridized carbons (Fsp3) is 0.125. The molecule has 0 spiro atoms. The predicted molar refractivity (Wildman–Crippen MR) is 83.2 cm³/mol. The number of hydrogen-bond donors (Lipinski definition) is 1. The van der Waals surface area contributed by atoms with Gasteiger partial charge in [0.1, 0.15) is 0 Å². The van der Waals surface area contributed by atoms with E-state index in [1.54, 1.807) is 25.5 Å². The lowest BCUT2D eigenvalue weighted by Gasteiger charge is -2.10. The number of nitrogens with zero attached hydrogens (tertiary/aromatic N) is 1. The number of pyridine rings is 1. The van der Waals surface area contributed by atoms with E-state index in [4.69, 9.17) is 4.74 Å². The third kappa shape index (κ3) is 2.56. The van der Waals surface area contributed by atoms with Crippen LogP contribution in [0.15, 0.2) is 59.1 Å². The zero-order valence-corrected chi connectivity index (χ0v) is 12.9. The molecule has 1 N–H and O–H groups in total. The molecule has 4 nitrogen and oxygen atoms in total. The summed E-state index contributed by atoms with van der Waals surface area (Å²) in [5.74, 6) is 0.428. The summed E-state index contributed by atoms with van der Waals surface area (Å²) in [6, 6.07) is 11.2. The third-order valence-electron chi connectivity index (χ3n) is 3.27. The molecule has 1 aliphatic rings. The molecule has 0 amide bonds. The maximum atomic E-state index is 12.7. The highest BCUT2D eigenvalue weighted by molar-refractivity contribution is 9.10. The minimum atomic E-state index is -0.643. The second-order valence-corrected chi connectivity index (χ2v) is 5.53. The fourth-order valence-corrected chi connectivity index (χ4v) is 2.72. The zero-order chi connectivity index (χ0) is 14.8. The first kappa shape index (κ1) is 13.8. The highest BCUT2D eigenvalue weighted by atomic mass is 79.9. The molecule has 2 aromatic rings. The quantitative estimate of drug-likeness (QED) is 0.929. The molecule has 3 rings (SSSR count). The van der Waals surface area contributed by atoms with Crippen molar-refractivity contribution in [2.75, 3.05) is 7.05 Å². The van der Waals surface area contributed by atoms with E-state index >= 15 is 0 Å². The van der Waals surface area contributed by atoms with Crippen molar-refractivity contribution in [1.29, 1.82) is 0 Å². The van der Waals surface area contributed by atoms with Crippen molar-refractivity contribution < 1.29 is 9.53 Å². The van der Waals surface area contributed by atoms with Crippen LogP contribution in [0.4, 0.5) is 0 Å². The van der Waals surface area contributed by atoms with Gasteiger partial charge in [-0.05, 0) is 23.8 Å². The van der Waals surface area contributed by atoms with Crippen LogP contribution in [-0.2, 0) is 9.53 Å². The van der Waals surface area contributed by atoms with E-state index in [2.05, 4.69) is 26.2 Å². The Labute approximate surface area is 131 Å². The smallest absolute Gasteiger partial charge is 0.214 e. The molecule has 0 saturated heterocycles. The van der Waals surface area contributed by atoms with Crippen LogP contribution in [-0.4, -0.2) is 17.8 Å². The van der Waals surface area contributed by atoms with Gasteiger partial charge in [-0.3, -0.25) is 9.78 Å². The van der Waals surface area contributed by atoms with E-state index in [1.165, 1.54) is 0 Å². The van der Waals surface area contributed by atoms with Gasteiger partial charge in [-0.15, -0.1) is 0 Å². The average Bonchev–Trinajstić information content (AvgIpc) is 2.85. The number of benzene rings is 1. The van der Waals surface area contributed by atoms with Gasteiger partial charge in [0.25, 0.3) is 0 Å². The molecule has 5 heteroatoms. The first-order valence-electron chi connectivity index (χ1n) is 6.49. The molecule has 0 bridgehead atoms. The minimum Gasteiger partial charge on any atom is -0.462 e. The molecule has 1 unspecified atom stereocenters. The molecular formula is C16H13BrN2O2. The number of nitrogens with one attached hydrogen (secondary N) is 1. The van der Waals surface area contributed by atoms with Crippen LogP contribution in [0.5, 0.6) is 0 Å². The number of rotatable bonds is 3. The lowest BCUT2D eigenvalue weighted by Crippen LogP contribution is -2.10. The number of carbonyl (C=O) groups excluding carboxylic acids is 1. The standard InChI is InChI=1S/C16H13BrN2O2/c1-18-16-13(10-4-2-6-12(17)8-10)14(20)15(21-16)11-5-3-7-19-9-11/h2-9,15,18H,1H3. The molecule has 0 fully saturated rings. The van der Waals surface area contributed by atoms with Crippen molar-refractivity contribution in [2.24, 2.45) is 0 Å². The van der Waals surface area contributed by atoms with Crippen molar-refractivity contribution >= 4 is 27.3 Å². The van der Waals surface area contributed by atoms with Gasteiger partial charge in [-0.2, -0.15) is 0 Å². The lowest BCUT2D eigenvalue weighted by molar-refractivity contribution is -0.120. The maximum absolute atomic E-state index is 12.7. The topological polar surface area (TPSA) is 51.2 Å². The molecule has 106 valence electrons. The van der Waals surface area contributed by atoms with Gasteiger partial charge in [0.2, 0.25) is 5.78 Å². The third-order valence-corrected chi connectivity index (χ3v) is 3.77. The van der Waals surface area contributed by atoms with Crippen molar-refractivity contribution in [1.82, 2.24) is 10.3 Å². The lowest BCUT2D eigenvalue weighted by atomic mass is 9.98. The molecule has 0 radical (unpaired) electrons. The van der Waals surface area contributed by atoms with Crippen LogP contribution in [0.1, 0.15) is 17.2 Å². The number of carbonyl (C=O) groups is 1. The number of ketones is 1. The number of ether oxygens (including phenoxy) is 1. The molecular weight excluding hydrogens is 332 g/mol. The molecule has 0 saturated carbocycles. The SMILES string of the molecule is CNC1=C(c2cccc(Br)c2)C(=O)C(c2cccnc2)O1. The summed E-state index contributed by atoms with van der Waals surface area (Å²) in [6.07, 6.45) is 2.68. The summed E-state index contributed by atoms with van der Waals surface area (Å²) >= 11 is 3.43. The van der Waals surface area contributed by atoms with E-state index < -0.39 is 6.10 Å². The molecule has 1 aromatic carbocycles. The summed E-state index contributed by atoms with van der Waals surface area (Å²) in [5.41, 5.74) is 2.14. The molecule has 1 aliphatic heterocycles. The van der Waals surface area contributed by atoms with Crippen LogP contribution < -0.4 is 5.32 Å². The monoisotopic (exact) mass is 344 g/mol. The van der Waals surface area contributed by atoms with Crippen LogP contribution >= 0.6 is 15.9 Å². The Morgan fingerprint density at radius 2 is 2.14 bits per heavy atom. The van der Waals surface area contributed by atoms with Crippen LogP contribution in [0.2, 0.25) is 0 Å². The maximum Gasteiger partial charge on any atom is 0.214 e. The van der Waals surface area contributed by atoms with Gasteiger partial charge in [0.05, 0.1) is 5.57 Å². The Morgan fingerprint density at radius 1 is 1.29 bits per heavy atom. The molecule has 2 heterocycles. The minimum absolute atomic E-state index is 0.0644. The van der Waals surface area contributed by atoms with Crippen molar-refractivity contribution in [3.63, 3.8) is 0 Å². The highest BCUT2D eigenvalue weighted by Gasteiger charge is 2.36. The van der Waals surface area contributed by atoms with Gasteiger partial charge < -0.3 is 10.1 Å². The van der Waals surface area contributed by atoms with E-state index in [1.807, 2.05) is 30.3 Å². The van der Waals surface area contributed by atoms with Gasteiger partial charge in [0.15, 0.2) is 12.0 Å². The largest absolute Gasteiger partial charge is 0.462 e. The Bertz CT molecular complexity index is 713. The number of halogens is 1. The van der Waals surface area contributed by atoms with Crippen molar-refractivity contribution in [3.8, 4) is 0 Å². The van der Waals surface area contributed by atoms with Crippen LogP contribution in [0, 0.1) is 0 Å². The van der Waals surface area contributed by atoms with Gasteiger partial charge >= 0.3 is 0 Å². The van der Waals surface area contributed by atoms with E-state index in [0.29, 0.717) is 11.5 Å². The Kier molecular flexibility index (Phi) is 3.75. The summed E-state index contributed by atoms with van der Waals surface area (Å²) < 4.78 is 6.70. The molecule has 0 aliphatic carbocycles. The van der Waals surface area contributed by atoms with Crippen molar-refractivity contribution in [2.45, 2.75) is 6.10 Å². The first-order valence-corrected chi connectivity index (χ1v) is 7.29. The van der Waals surface area contributed by atoms with Crippen molar-refractivity contribution in [3.05, 3.63) is 70.3 Å². The van der Waals surface area contributed by atoms with Gasteiger partial charge in [-0.1, -0.05) is 34.1 Å². The summed E-state index contributed by atoms with van der Waals surface area (Å²) in [6.45, 7) is 0. The second-order valence-electron chi connectivity index (χ2n) is 4.61. The first-order chi connectivity index (χ1) is 10.2. The summed E-state index contributed by atoms with van der Waals surface area (Å²) in [4.78, 5) is 16.8. The van der Waals surface area contributed by atoms with E-state index in [0.717, 1.165) is 15.6 Å². The number of hydrogen-bond acceptors (Lipinski definition) is 4. The van der Waals surface area contributed by atoms with E-state index in [9.17, 15) is 4.79 Å². The Morgan fingerprint density at radius 3 is 2.81 bits per heavy atom. The molecule has 1 atom stereocenters. The van der Waals surface area contributed by atoms with Gasteiger partial charge in [0, 0.05) is 29.5 Å². The summed E-state index contributed by atoms with van der Waals surface area (Å²) in [5, 5.41) is 2.96. The summed E-state index contributed by atoms with van der Waals surface area (Å²) in [7, 11) is 1.74. The normalized spacial score (nSPS) is 17.8. The highest BCUT2D eigenvalue weighted by Crippen LogP contribution is 2.37. The molecule has 21 heavy (non-hydrogen) atoms. The number of aromatic nitrogens is 1. The Balaban J connectivity index is 2.01. The van der Waals surface area contributed by atoms with E-state index in [-0.39, 0.29) is 5.78 Å². The number of Topliss-reactive ketones (excluding diaryl/α,β-unsaturated/α-hetero) is 1. The van der Waals surface area contributed by atoms with Gasteiger partial charge in [-0.25, -0.2) is 0 Å². The fourth-order valence-electron chi connectivity index (χ4n) is 2.33. The van der Waals surface area contributed by atoms with Crippen LogP contribution in [0.25, 0.3) is 5.57 Å². The zero-order valence-electron chi connectivity index (χ0n) is 11.3. The Hall–Kier alpha value is -2.14. The average molecular weight is 345 g/mol. The van der Waals surface area contributed by atoms with Crippen LogP contribution in [0.3, 0.4) is 0 Å².